The summed E-state index contributed by atoms with van der Waals surface area (Å²) in [5.41, 5.74) is 1.61. The molecule has 8 heteroatoms. The van der Waals surface area contributed by atoms with Crippen LogP contribution in [0.2, 0.25) is 0 Å². The van der Waals surface area contributed by atoms with Crippen molar-refractivity contribution in [2.75, 3.05) is 17.2 Å². The standard InChI is InChI=1S/C23H20N2O6/c1-2-30-23(29)31-20-11-9-15(10-12-20)21(27)24-17-6-4-7-18(14-17)25-22(28)16-5-3-8-19(26)13-16/h3-14,26H,2H2,1H3,(H,24,27)(H,25,28). The molecule has 8 nitrogen and oxygen atoms in total. The van der Waals surface area contributed by atoms with Crippen LogP contribution in [-0.2, 0) is 4.74 Å². The molecule has 0 aliphatic heterocycles. The molecule has 3 rings (SSSR count). The first-order valence-corrected chi connectivity index (χ1v) is 9.41. The SMILES string of the molecule is CCOC(=O)Oc1ccc(C(=O)Nc2cccc(NC(=O)c3cccc(O)c3)c2)cc1. The van der Waals surface area contributed by atoms with Crippen molar-refractivity contribution in [2.24, 2.45) is 0 Å². The summed E-state index contributed by atoms with van der Waals surface area (Å²) in [6.45, 7) is 1.87. The molecule has 0 aromatic heterocycles. The highest BCUT2D eigenvalue weighted by atomic mass is 16.7. The van der Waals surface area contributed by atoms with Gasteiger partial charge in [-0.05, 0) is 67.6 Å². The summed E-state index contributed by atoms with van der Waals surface area (Å²) in [7, 11) is 0. The normalized spacial score (nSPS) is 10.1. The van der Waals surface area contributed by atoms with E-state index in [1.54, 1.807) is 43.3 Å². The Bertz CT molecular complexity index is 1100. The minimum atomic E-state index is -0.815. The second-order valence-corrected chi connectivity index (χ2v) is 6.35. The smallest absolute Gasteiger partial charge is 0.508 e. The summed E-state index contributed by atoms with van der Waals surface area (Å²) < 4.78 is 9.65. The van der Waals surface area contributed by atoms with Crippen LogP contribution >= 0.6 is 0 Å². The molecule has 0 radical (unpaired) electrons. The first-order valence-electron chi connectivity index (χ1n) is 9.41. The zero-order chi connectivity index (χ0) is 22.2. The number of anilines is 2. The largest absolute Gasteiger partial charge is 0.513 e. The van der Waals surface area contributed by atoms with Crippen LogP contribution in [0.3, 0.4) is 0 Å². The average molecular weight is 420 g/mol. The van der Waals surface area contributed by atoms with Crippen molar-refractivity contribution in [1.29, 1.82) is 0 Å². The number of carbonyl (C=O) groups is 3. The zero-order valence-electron chi connectivity index (χ0n) is 16.6. The van der Waals surface area contributed by atoms with E-state index in [2.05, 4.69) is 10.6 Å². The Kier molecular flexibility index (Phi) is 6.85. The Morgan fingerprint density at radius 3 is 2.03 bits per heavy atom. The van der Waals surface area contributed by atoms with Gasteiger partial charge in [0.1, 0.15) is 11.5 Å². The zero-order valence-corrected chi connectivity index (χ0v) is 16.6. The van der Waals surface area contributed by atoms with E-state index in [1.807, 2.05) is 0 Å². The van der Waals surface area contributed by atoms with Crippen molar-refractivity contribution in [1.82, 2.24) is 0 Å². The van der Waals surface area contributed by atoms with Crippen molar-refractivity contribution in [3.8, 4) is 11.5 Å². The Morgan fingerprint density at radius 1 is 0.806 bits per heavy atom. The van der Waals surface area contributed by atoms with Crippen molar-refractivity contribution in [2.45, 2.75) is 6.92 Å². The molecule has 0 saturated heterocycles. The van der Waals surface area contributed by atoms with E-state index in [0.717, 1.165) is 0 Å². The lowest BCUT2D eigenvalue weighted by Crippen LogP contribution is -2.14. The van der Waals surface area contributed by atoms with Gasteiger partial charge in [0.2, 0.25) is 0 Å². The number of rotatable bonds is 6. The number of ether oxygens (including phenoxy) is 2. The fourth-order valence-electron chi connectivity index (χ4n) is 2.65. The molecule has 158 valence electrons. The number of carbonyl (C=O) groups excluding carboxylic acids is 3. The molecule has 0 atom stereocenters. The Balaban J connectivity index is 1.63. The number of hydrogen-bond donors (Lipinski definition) is 3. The third-order valence-electron chi connectivity index (χ3n) is 4.07. The first-order chi connectivity index (χ1) is 14.9. The Morgan fingerprint density at radius 2 is 1.42 bits per heavy atom. The van der Waals surface area contributed by atoms with Gasteiger partial charge in [0, 0.05) is 22.5 Å². The summed E-state index contributed by atoms with van der Waals surface area (Å²) in [6.07, 6.45) is -0.815. The van der Waals surface area contributed by atoms with Crippen LogP contribution in [0.4, 0.5) is 16.2 Å². The average Bonchev–Trinajstić information content (AvgIpc) is 2.74. The topological polar surface area (TPSA) is 114 Å². The van der Waals surface area contributed by atoms with Gasteiger partial charge >= 0.3 is 6.16 Å². The number of nitrogens with one attached hydrogen (secondary N) is 2. The minimum Gasteiger partial charge on any atom is -0.508 e. The lowest BCUT2D eigenvalue weighted by Gasteiger charge is -2.10. The van der Waals surface area contributed by atoms with E-state index in [4.69, 9.17) is 9.47 Å². The van der Waals surface area contributed by atoms with Crippen molar-refractivity contribution in [3.05, 3.63) is 83.9 Å². The fraction of sp³-hybridized carbons (Fsp3) is 0.0870. The van der Waals surface area contributed by atoms with Crippen LogP contribution in [0.15, 0.2) is 72.8 Å². The minimum absolute atomic E-state index is 0.00709. The molecule has 3 aromatic carbocycles. The number of phenolic OH excluding ortho intramolecular Hbond substituents is 1. The third-order valence-corrected chi connectivity index (χ3v) is 4.07. The number of aromatic hydroxyl groups is 1. The van der Waals surface area contributed by atoms with E-state index in [0.29, 0.717) is 22.5 Å². The molecular formula is C23H20N2O6. The predicted molar refractivity (Wildman–Crippen MR) is 115 cm³/mol. The van der Waals surface area contributed by atoms with Crippen LogP contribution in [0.5, 0.6) is 11.5 Å². The van der Waals surface area contributed by atoms with Gasteiger partial charge < -0.3 is 25.2 Å². The van der Waals surface area contributed by atoms with Gasteiger partial charge in [-0.3, -0.25) is 9.59 Å². The molecule has 0 heterocycles. The molecule has 0 fully saturated rings. The molecule has 3 aromatic rings. The monoisotopic (exact) mass is 420 g/mol. The molecule has 31 heavy (non-hydrogen) atoms. The van der Waals surface area contributed by atoms with Gasteiger partial charge in [-0.1, -0.05) is 12.1 Å². The Hall–Kier alpha value is -4.33. The lowest BCUT2D eigenvalue weighted by atomic mass is 10.2. The number of benzene rings is 3. The first kappa shape index (κ1) is 21.4. The van der Waals surface area contributed by atoms with Crippen molar-refractivity contribution < 1.29 is 29.0 Å². The molecule has 0 bridgehead atoms. The van der Waals surface area contributed by atoms with E-state index in [-0.39, 0.29) is 24.0 Å². The summed E-state index contributed by atoms with van der Waals surface area (Å²) >= 11 is 0. The maximum atomic E-state index is 12.5. The highest BCUT2D eigenvalue weighted by Crippen LogP contribution is 2.19. The quantitative estimate of drug-likeness (QED) is 0.401. The maximum Gasteiger partial charge on any atom is 0.513 e. The van der Waals surface area contributed by atoms with Gasteiger partial charge in [0.05, 0.1) is 6.61 Å². The molecule has 0 saturated carbocycles. The van der Waals surface area contributed by atoms with Crippen molar-refractivity contribution >= 4 is 29.3 Å². The molecule has 0 aliphatic carbocycles. The highest BCUT2D eigenvalue weighted by molar-refractivity contribution is 6.06. The van der Waals surface area contributed by atoms with E-state index >= 15 is 0 Å². The van der Waals surface area contributed by atoms with E-state index < -0.39 is 12.1 Å². The third kappa shape index (κ3) is 6.07. The van der Waals surface area contributed by atoms with Crippen molar-refractivity contribution in [3.63, 3.8) is 0 Å². The van der Waals surface area contributed by atoms with E-state index in [1.165, 1.54) is 36.4 Å². The summed E-state index contributed by atoms with van der Waals surface area (Å²) in [4.78, 5) is 36.1. The van der Waals surface area contributed by atoms with Gasteiger partial charge in [-0.15, -0.1) is 0 Å². The molecule has 0 unspecified atom stereocenters. The van der Waals surface area contributed by atoms with Gasteiger partial charge in [0.25, 0.3) is 11.8 Å². The predicted octanol–water partition coefficient (Wildman–Crippen LogP) is 4.43. The number of hydrogen-bond acceptors (Lipinski definition) is 6. The van der Waals surface area contributed by atoms with Crippen LogP contribution in [0.1, 0.15) is 27.6 Å². The van der Waals surface area contributed by atoms with Crippen LogP contribution in [-0.4, -0.2) is 29.7 Å². The fourth-order valence-corrected chi connectivity index (χ4v) is 2.65. The van der Waals surface area contributed by atoms with Crippen LogP contribution in [0.25, 0.3) is 0 Å². The van der Waals surface area contributed by atoms with Gasteiger partial charge in [-0.25, -0.2) is 4.79 Å². The lowest BCUT2D eigenvalue weighted by molar-refractivity contribution is 0.101. The number of amides is 2. The molecule has 0 spiro atoms. The Labute approximate surface area is 178 Å². The van der Waals surface area contributed by atoms with Gasteiger partial charge in [0.15, 0.2) is 0 Å². The second kappa shape index (κ2) is 9.93. The molecular weight excluding hydrogens is 400 g/mol. The second-order valence-electron chi connectivity index (χ2n) is 6.35. The summed E-state index contributed by atoms with van der Waals surface area (Å²) in [5, 5.41) is 15.0. The summed E-state index contributed by atoms with van der Waals surface area (Å²) in [6, 6.07) is 18.6. The molecule has 3 N–H and O–H groups in total. The van der Waals surface area contributed by atoms with Crippen LogP contribution < -0.4 is 15.4 Å². The van der Waals surface area contributed by atoms with E-state index in [9.17, 15) is 19.5 Å². The van der Waals surface area contributed by atoms with Crippen LogP contribution in [0, 0.1) is 0 Å². The maximum absolute atomic E-state index is 12.5. The highest BCUT2D eigenvalue weighted by Gasteiger charge is 2.11. The molecule has 0 aliphatic rings. The number of phenols is 1. The van der Waals surface area contributed by atoms with Gasteiger partial charge in [-0.2, -0.15) is 0 Å². The summed E-state index contributed by atoms with van der Waals surface area (Å²) in [5.74, 6) is -0.519. The molecule has 2 amide bonds.